The summed E-state index contributed by atoms with van der Waals surface area (Å²) in [6.45, 7) is 0.435. The van der Waals surface area contributed by atoms with Crippen LogP contribution in [0.5, 0.6) is 0 Å². The van der Waals surface area contributed by atoms with Crippen LogP contribution in [0.1, 0.15) is 24.8 Å². The second-order valence-corrected chi connectivity index (χ2v) is 8.09. The number of carbonyl (C=O) groups is 2. The molecule has 0 bridgehead atoms. The number of carbonyl (C=O) groups excluding carboxylic acids is 2. The van der Waals surface area contributed by atoms with Crippen LogP contribution in [0, 0.1) is 0 Å². The lowest BCUT2D eigenvalue weighted by molar-refractivity contribution is -0.127. The van der Waals surface area contributed by atoms with Crippen LogP contribution in [0.25, 0.3) is 10.9 Å². The van der Waals surface area contributed by atoms with E-state index in [9.17, 15) is 14.4 Å². The molecule has 8 heteroatoms. The van der Waals surface area contributed by atoms with Gasteiger partial charge < -0.3 is 26.7 Å². The van der Waals surface area contributed by atoms with Crippen LogP contribution in [0.3, 0.4) is 0 Å². The van der Waals surface area contributed by atoms with Gasteiger partial charge in [-0.1, -0.05) is 48.5 Å². The van der Waals surface area contributed by atoms with Gasteiger partial charge in [0.05, 0.1) is 11.6 Å². The maximum atomic E-state index is 13.2. The summed E-state index contributed by atoms with van der Waals surface area (Å²) in [7, 11) is 1.66. The number of hydrogen-bond acceptors (Lipinski definition) is 5. The highest BCUT2D eigenvalue weighted by Gasteiger charge is 2.24. The molecule has 2 atom stereocenters. The van der Waals surface area contributed by atoms with Gasteiger partial charge in [-0.15, -0.1) is 0 Å². The van der Waals surface area contributed by atoms with Crippen molar-refractivity contribution in [1.82, 2.24) is 9.88 Å². The van der Waals surface area contributed by atoms with Crippen molar-refractivity contribution in [3.63, 3.8) is 0 Å². The first-order chi connectivity index (χ1) is 15.9. The van der Waals surface area contributed by atoms with Gasteiger partial charge in [0, 0.05) is 12.4 Å². The molecular weight excluding hydrogens is 418 g/mol. The Morgan fingerprint density at radius 1 is 1.00 bits per heavy atom. The number of anilines is 1. The number of fused-ring (bicyclic) bond motifs is 1. The molecule has 0 radical (unpaired) electrons. The Morgan fingerprint density at radius 3 is 2.42 bits per heavy atom. The van der Waals surface area contributed by atoms with E-state index in [0.717, 1.165) is 16.5 Å². The van der Waals surface area contributed by atoms with Crippen molar-refractivity contribution in [2.45, 2.75) is 37.8 Å². The molecule has 0 aliphatic heterocycles. The Labute approximate surface area is 193 Å². The molecule has 0 saturated heterocycles. The van der Waals surface area contributed by atoms with Crippen LogP contribution >= 0.6 is 0 Å². The highest BCUT2D eigenvalue weighted by atomic mass is 16.2. The molecule has 1 aromatic heterocycles. The van der Waals surface area contributed by atoms with Gasteiger partial charge in [0.15, 0.2) is 0 Å². The Morgan fingerprint density at radius 2 is 1.70 bits per heavy atom. The summed E-state index contributed by atoms with van der Waals surface area (Å²) in [6.07, 6.45) is 1.98. The molecule has 8 nitrogen and oxygen atoms in total. The normalized spacial score (nSPS) is 12.8. The van der Waals surface area contributed by atoms with E-state index >= 15 is 0 Å². The van der Waals surface area contributed by atoms with Gasteiger partial charge in [0.2, 0.25) is 11.8 Å². The summed E-state index contributed by atoms with van der Waals surface area (Å²) in [4.78, 5) is 38.6. The first kappa shape index (κ1) is 24.2. The van der Waals surface area contributed by atoms with Gasteiger partial charge in [-0.2, -0.15) is 0 Å². The van der Waals surface area contributed by atoms with E-state index in [-0.39, 0.29) is 11.2 Å². The molecule has 33 heavy (non-hydrogen) atoms. The number of para-hydroxylation sites is 1. The van der Waals surface area contributed by atoms with Gasteiger partial charge in [-0.3, -0.25) is 14.4 Å². The minimum atomic E-state index is -0.849. The molecule has 3 aromatic rings. The van der Waals surface area contributed by atoms with Crippen LogP contribution in [0.2, 0.25) is 0 Å². The third-order valence-corrected chi connectivity index (χ3v) is 5.64. The third-order valence-electron chi connectivity index (χ3n) is 5.64. The number of nitrogens with one attached hydrogen (secondary N) is 2. The van der Waals surface area contributed by atoms with Crippen LogP contribution in [-0.2, 0) is 23.1 Å². The maximum absolute atomic E-state index is 13.2. The molecule has 6 N–H and O–H groups in total. The number of aryl methyl sites for hydroxylation is 2. The Kier molecular flexibility index (Phi) is 8.34. The number of amides is 2. The van der Waals surface area contributed by atoms with Gasteiger partial charge >= 0.3 is 0 Å². The van der Waals surface area contributed by atoms with Gasteiger partial charge in [-0.25, -0.2) is 0 Å². The molecule has 3 rings (SSSR count). The average Bonchev–Trinajstić information content (AvgIpc) is 2.83. The van der Waals surface area contributed by atoms with E-state index in [1.54, 1.807) is 13.1 Å². The summed E-state index contributed by atoms with van der Waals surface area (Å²) >= 11 is 0. The minimum absolute atomic E-state index is 0.160. The van der Waals surface area contributed by atoms with E-state index in [4.69, 9.17) is 11.5 Å². The lowest BCUT2D eigenvalue weighted by atomic mass is 10.0. The van der Waals surface area contributed by atoms with Crippen molar-refractivity contribution in [2.75, 3.05) is 11.9 Å². The van der Waals surface area contributed by atoms with Gasteiger partial charge in [0.1, 0.15) is 11.7 Å². The predicted molar refractivity (Wildman–Crippen MR) is 131 cm³/mol. The number of benzene rings is 2. The van der Waals surface area contributed by atoms with Crippen molar-refractivity contribution >= 4 is 28.4 Å². The van der Waals surface area contributed by atoms with Crippen molar-refractivity contribution < 1.29 is 9.59 Å². The Hall–Kier alpha value is -3.49. The van der Waals surface area contributed by atoms with Crippen LogP contribution in [0.4, 0.5) is 5.69 Å². The second kappa shape index (κ2) is 11.4. The first-order valence-electron chi connectivity index (χ1n) is 11.1. The lowest BCUT2D eigenvalue weighted by Crippen LogP contribution is -2.50. The number of nitrogens with zero attached hydrogens (tertiary/aromatic N) is 1. The smallest absolute Gasteiger partial charge is 0.274 e. The standard InChI is InChI=1S/C25H31N5O3/c1-30-22-12-6-5-10-18(22)16-21(25(30)33)29-24(32)20(14-13-17-8-3-2-4-9-17)28-23(31)19(27)11-7-15-26/h2-6,8-10,12,16,19-20H,7,11,13-15,26-27H2,1H3,(H,28,31)(H,29,32)/t19-,20+/m0/s1. The average molecular weight is 450 g/mol. The first-order valence-corrected chi connectivity index (χ1v) is 11.1. The molecule has 0 spiro atoms. The van der Waals surface area contributed by atoms with E-state index in [2.05, 4.69) is 10.6 Å². The molecule has 174 valence electrons. The topological polar surface area (TPSA) is 132 Å². The summed E-state index contributed by atoms with van der Waals surface area (Å²) in [5, 5.41) is 6.30. The monoisotopic (exact) mass is 449 g/mol. The molecule has 0 saturated carbocycles. The van der Waals surface area contributed by atoms with Crippen molar-refractivity contribution in [2.24, 2.45) is 18.5 Å². The summed E-state index contributed by atoms with van der Waals surface area (Å²) in [6, 6.07) is 17.2. The molecule has 2 amide bonds. The molecule has 0 unspecified atom stereocenters. The third kappa shape index (κ3) is 6.27. The fraction of sp³-hybridized carbons (Fsp3) is 0.320. The Balaban J connectivity index is 1.80. The molecule has 2 aromatic carbocycles. The van der Waals surface area contributed by atoms with Crippen LogP contribution in [0.15, 0.2) is 65.5 Å². The van der Waals surface area contributed by atoms with E-state index in [1.807, 2.05) is 54.6 Å². The van der Waals surface area contributed by atoms with Crippen molar-refractivity contribution in [3.8, 4) is 0 Å². The lowest BCUT2D eigenvalue weighted by Gasteiger charge is -2.21. The maximum Gasteiger partial charge on any atom is 0.274 e. The predicted octanol–water partition coefficient (Wildman–Crippen LogP) is 1.66. The van der Waals surface area contributed by atoms with Crippen molar-refractivity contribution in [1.29, 1.82) is 0 Å². The highest BCUT2D eigenvalue weighted by molar-refractivity contribution is 5.99. The number of rotatable bonds is 10. The number of pyridine rings is 1. The van der Waals surface area contributed by atoms with E-state index < -0.39 is 23.9 Å². The zero-order valence-corrected chi connectivity index (χ0v) is 18.8. The highest BCUT2D eigenvalue weighted by Crippen LogP contribution is 2.15. The quantitative estimate of drug-likeness (QED) is 0.374. The zero-order chi connectivity index (χ0) is 23.8. The van der Waals surface area contributed by atoms with Crippen molar-refractivity contribution in [3.05, 3.63) is 76.6 Å². The SMILES string of the molecule is Cn1c(=O)c(NC(=O)[C@@H](CCc2ccccc2)NC(=O)[C@@H](N)CCCN)cc2ccccc21. The zero-order valence-electron chi connectivity index (χ0n) is 18.8. The summed E-state index contributed by atoms with van der Waals surface area (Å²) in [5.74, 6) is -0.874. The van der Waals surface area contributed by atoms with Crippen LogP contribution in [-0.4, -0.2) is 35.0 Å². The van der Waals surface area contributed by atoms with Crippen LogP contribution < -0.4 is 27.7 Å². The summed E-state index contributed by atoms with van der Waals surface area (Å²) in [5.41, 5.74) is 13.1. The molecule has 0 aliphatic carbocycles. The van der Waals surface area contributed by atoms with Gasteiger partial charge in [0.25, 0.3) is 5.56 Å². The molecule has 1 heterocycles. The molecule has 0 aliphatic rings. The second-order valence-electron chi connectivity index (χ2n) is 8.09. The fourth-order valence-electron chi connectivity index (χ4n) is 3.70. The minimum Gasteiger partial charge on any atom is -0.343 e. The number of nitrogens with two attached hydrogens (primary N) is 2. The largest absolute Gasteiger partial charge is 0.343 e. The molecular formula is C25H31N5O3. The number of hydrogen-bond donors (Lipinski definition) is 4. The molecule has 0 fully saturated rings. The number of aromatic nitrogens is 1. The summed E-state index contributed by atoms with van der Waals surface area (Å²) < 4.78 is 1.49. The van der Waals surface area contributed by atoms with Gasteiger partial charge in [-0.05, 0) is 49.9 Å². The van der Waals surface area contributed by atoms with E-state index in [1.165, 1.54) is 4.57 Å². The fourth-order valence-corrected chi connectivity index (χ4v) is 3.70. The van der Waals surface area contributed by atoms with E-state index in [0.29, 0.717) is 32.2 Å². The Bertz CT molecular complexity index is 1160.